The van der Waals surface area contributed by atoms with Gasteiger partial charge in [-0.1, -0.05) is 11.6 Å². The van der Waals surface area contributed by atoms with Crippen LogP contribution in [0.15, 0.2) is 24.3 Å². The maximum absolute atomic E-state index is 12.3. The van der Waals surface area contributed by atoms with Gasteiger partial charge in [-0.25, -0.2) is 4.79 Å². The first kappa shape index (κ1) is 23.0. The number of unbranched alkanes of at least 4 members (excludes halogenated alkanes) is 1. The molecule has 1 amide bonds. The molecule has 0 spiro atoms. The first-order valence-corrected chi connectivity index (χ1v) is 10.7. The first-order valence-electron chi connectivity index (χ1n) is 10.3. The van der Waals surface area contributed by atoms with Crippen molar-refractivity contribution in [2.24, 2.45) is 11.8 Å². The molecule has 0 bridgehead atoms. The highest BCUT2D eigenvalue weighted by Gasteiger charge is 2.24. The second kappa shape index (κ2) is 12.3. The lowest BCUT2D eigenvalue weighted by molar-refractivity contribution is 0.0710. The molecule has 0 radical (unpaired) electrons. The minimum atomic E-state index is -0.314. The van der Waals surface area contributed by atoms with Gasteiger partial charge in [-0.3, -0.25) is 0 Å². The molecule has 2 rings (SSSR count). The Labute approximate surface area is 174 Å². The predicted octanol–water partition coefficient (Wildman–Crippen LogP) is 4.94. The van der Waals surface area contributed by atoms with Gasteiger partial charge in [-0.2, -0.15) is 0 Å². The number of amides is 1. The molecular formula is C22H35ClN2O3. The van der Waals surface area contributed by atoms with E-state index in [1.807, 2.05) is 0 Å². The third kappa shape index (κ3) is 8.80. The Morgan fingerprint density at radius 2 is 1.68 bits per heavy atom. The summed E-state index contributed by atoms with van der Waals surface area (Å²) >= 11 is 5.86. The van der Waals surface area contributed by atoms with E-state index in [0.717, 1.165) is 45.6 Å². The minimum Gasteiger partial charge on any atom is -0.410 e. The van der Waals surface area contributed by atoms with Crippen molar-refractivity contribution >= 4 is 17.7 Å². The zero-order valence-corrected chi connectivity index (χ0v) is 18.3. The van der Waals surface area contributed by atoms with Crippen LogP contribution in [0.4, 0.5) is 4.79 Å². The molecule has 0 atom stereocenters. The Morgan fingerprint density at radius 1 is 1.04 bits per heavy atom. The van der Waals surface area contributed by atoms with Crippen LogP contribution in [-0.2, 0) is 4.74 Å². The van der Waals surface area contributed by atoms with Crippen LogP contribution in [0.25, 0.3) is 0 Å². The number of nitrogens with zero attached hydrogens (tertiary/aromatic N) is 2. The molecule has 0 saturated heterocycles. The SMILES string of the molecule is CN(C)CCCCOC[C@H]1CC[C@H](CN(C)C(=O)Oc2ccc(Cl)cc2)CC1. The Hall–Kier alpha value is -1.30. The molecule has 1 fully saturated rings. The van der Waals surface area contributed by atoms with Crippen LogP contribution in [0, 0.1) is 11.8 Å². The lowest BCUT2D eigenvalue weighted by atomic mass is 9.82. The number of hydrogen-bond acceptors (Lipinski definition) is 4. The average Bonchev–Trinajstić information content (AvgIpc) is 2.67. The number of carbonyl (C=O) groups excluding carboxylic acids is 1. The third-order valence-electron chi connectivity index (χ3n) is 5.33. The maximum Gasteiger partial charge on any atom is 0.414 e. The highest BCUT2D eigenvalue weighted by atomic mass is 35.5. The molecule has 158 valence electrons. The lowest BCUT2D eigenvalue weighted by Gasteiger charge is -2.30. The van der Waals surface area contributed by atoms with Crippen molar-refractivity contribution in [1.29, 1.82) is 0 Å². The highest BCUT2D eigenvalue weighted by Crippen LogP contribution is 2.29. The van der Waals surface area contributed by atoms with E-state index in [1.54, 1.807) is 36.2 Å². The number of rotatable bonds is 10. The molecule has 0 aliphatic heterocycles. The molecule has 0 N–H and O–H groups in total. The van der Waals surface area contributed by atoms with E-state index in [2.05, 4.69) is 19.0 Å². The Bertz CT molecular complexity index is 572. The van der Waals surface area contributed by atoms with Gasteiger partial charge in [0.1, 0.15) is 5.75 Å². The van der Waals surface area contributed by atoms with Crippen LogP contribution in [0.2, 0.25) is 5.02 Å². The van der Waals surface area contributed by atoms with Crippen LogP contribution in [0.3, 0.4) is 0 Å². The molecule has 1 aliphatic rings. The molecule has 1 aromatic carbocycles. The van der Waals surface area contributed by atoms with E-state index in [9.17, 15) is 4.79 Å². The Morgan fingerprint density at radius 3 is 2.32 bits per heavy atom. The van der Waals surface area contributed by atoms with Gasteiger partial charge in [-0.15, -0.1) is 0 Å². The van der Waals surface area contributed by atoms with Gasteiger partial charge in [0, 0.05) is 31.8 Å². The number of carbonyl (C=O) groups is 1. The number of halogens is 1. The summed E-state index contributed by atoms with van der Waals surface area (Å²) in [6, 6.07) is 6.85. The first-order chi connectivity index (χ1) is 13.4. The van der Waals surface area contributed by atoms with Crippen molar-refractivity contribution in [3.8, 4) is 5.75 Å². The largest absolute Gasteiger partial charge is 0.414 e. The van der Waals surface area contributed by atoms with Crippen molar-refractivity contribution in [2.45, 2.75) is 38.5 Å². The van der Waals surface area contributed by atoms with Crippen LogP contribution in [-0.4, -0.2) is 63.3 Å². The zero-order chi connectivity index (χ0) is 20.4. The molecular weight excluding hydrogens is 376 g/mol. The van der Waals surface area contributed by atoms with E-state index in [0.29, 0.717) is 22.6 Å². The van der Waals surface area contributed by atoms with Crippen molar-refractivity contribution < 1.29 is 14.3 Å². The van der Waals surface area contributed by atoms with Crippen molar-refractivity contribution in [3.63, 3.8) is 0 Å². The molecule has 0 unspecified atom stereocenters. The van der Waals surface area contributed by atoms with Gasteiger partial charge >= 0.3 is 6.09 Å². The quantitative estimate of drug-likeness (QED) is 0.512. The fourth-order valence-electron chi connectivity index (χ4n) is 3.61. The van der Waals surface area contributed by atoms with Gasteiger partial charge in [-0.05, 0) is 95.3 Å². The van der Waals surface area contributed by atoms with Crippen molar-refractivity contribution in [1.82, 2.24) is 9.80 Å². The number of benzene rings is 1. The van der Waals surface area contributed by atoms with Gasteiger partial charge in [0.25, 0.3) is 0 Å². The summed E-state index contributed by atoms with van der Waals surface area (Å²) in [5.74, 6) is 1.73. The van der Waals surface area contributed by atoms with E-state index in [1.165, 1.54) is 19.3 Å². The summed E-state index contributed by atoms with van der Waals surface area (Å²) < 4.78 is 11.3. The third-order valence-corrected chi connectivity index (χ3v) is 5.58. The van der Waals surface area contributed by atoms with E-state index >= 15 is 0 Å². The monoisotopic (exact) mass is 410 g/mol. The van der Waals surface area contributed by atoms with Gasteiger partial charge in [0.15, 0.2) is 0 Å². The molecule has 28 heavy (non-hydrogen) atoms. The zero-order valence-electron chi connectivity index (χ0n) is 17.5. The number of ether oxygens (including phenoxy) is 2. The second-order valence-corrected chi connectivity index (χ2v) is 8.61. The number of hydrogen-bond donors (Lipinski definition) is 0. The molecule has 0 heterocycles. The van der Waals surface area contributed by atoms with Crippen LogP contribution in [0.1, 0.15) is 38.5 Å². The highest BCUT2D eigenvalue weighted by molar-refractivity contribution is 6.30. The van der Waals surface area contributed by atoms with Gasteiger partial charge < -0.3 is 19.3 Å². The van der Waals surface area contributed by atoms with Crippen molar-refractivity contribution in [2.75, 3.05) is 47.4 Å². The van der Waals surface area contributed by atoms with E-state index < -0.39 is 0 Å². The van der Waals surface area contributed by atoms with Crippen LogP contribution in [0.5, 0.6) is 5.75 Å². The summed E-state index contributed by atoms with van der Waals surface area (Å²) in [4.78, 5) is 16.1. The van der Waals surface area contributed by atoms with Gasteiger partial charge in [0.05, 0.1) is 0 Å². The summed E-state index contributed by atoms with van der Waals surface area (Å²) in [6.07, 6.45) is 6.67. The maximum atomic E-state index is 12.3. The summed E-state index contributed by atoms with van der Waals surface area (Å²) in [5.41, 5.74) is 0. The standard InChI is InChI=1S/C22H35ClN2O3/c1-24(2)14-4-5-15-27-17-19-8-6-18(7-9-19)16-25(3)22(26)28-21-12-10-20(23)11-13-21/h10-13,18-19H,4-9,14-17H2,1-3H3/t18-,19-. The predicted molar refractivity (Wildman–Crippen MR) is 114 cm³/mol. The topological polar surface area (TPSA) is 42.0 Å². The van der Waals surface area contributed by atoms with Crippen LogP contribution >= 0.6 is 11.6 Å². The average molecular weight is 411 g/mol. The second-order valence-electron chi connectivity index (χ2n) is 8.17. The van der Waals surface area contributed by atoms with Crippen molar-refractivity contribution in [3.05, 3.63) is 29.3 Å². The smallest absolute Gasteiger partial charge is 0.410 e. The molecule has 6 heteroatoms. The van der Waals surface area contributed by atoms with Gasteiger partial charge in [0.2, 0.25) is 0 Å². The van der Waals surface area contributed by atoms with Crippen LogP contribution < -0.4 is 4.74 Å². The Kier molecular flexibility index (Phi) is 10.1. The van der Waals surface area contributed by atoms with E-state index in [-0.39, 0.29) is 6.09 Å². The minimum absolute atomic E-state index is 0.314. The fourth-order valence-corrected chi connectivity index (χ4v) is 3.73. The molecule has 1 aromatic rings. The summed E-state index contributed by atoms with van der Waals surface area (Å²) in [7, 11) is 6.02. The summed E-state index contributed by atoms with van der Waals surface area (Å²) in [5, 5.41) is 0.627. The fraction of sp³-hybridized carbons (Fsp3) is 0.682. The lowest BCUT2D eigenvalue weighted by Crippen LogP contribution is -2.35. The molecule has 0 aromatic heterocycles. The molecule has 1 aliphatic carbocycles. The normalized spacial score (nSPS) is 19.6. The summed E-state index contributed by atoms with van der Waals surface area (Å²) in [6.45, 7) is 3.61. The Balaban J connectivity index is 1.58. The molecule has 1 saturated carbocycles. The molecule has 5 nitrogen and oxygen atoms in total. The van der Waals surface area contributed by atoms with E-state index in [4.69, 9.17) is 21.1 Å².